The second-order valence-corrected chi connectivity index (χ2v) is 5.07. The van der Waals surface area contributed by atoms with Crippen molar-refractivity contribution in [2.45, 2.75) is 33.1 Å². The highest BCUT2D eigenvalue weighted by Gasteiger charge is 2.09. The molecule has 6 nitrogen and oxygen atoms in total. The maximum atomic E-state index is 10.8. The van der Waals surface area contributed by atoms with Gasteiger partial charge in [-0.05, 0) is 37.3 Å². The van der Waals surface area contributed by atoms with Gasteiger partial charge in [0, 0.05) is 30.8 Å². The highest BCUT2D eigenvalue weighted by Crippen LogP contribution is 2.21. The zero-order valence-corrected chi connectivity index (χ0v) is 11.8. The number of aliphatic carboxylic acids is 1. The number of carbonyl (C=O) groups is 1. The lowest BCUT2D eigenvalue weighted by Crippen LogP contribution is -2.08. The van der Waals surface area contributed by atoms with Crippen molar-refractivity contribution in [3.8, 4) is 0 Å². The van der Waals surface area contributed by atoms with Gasteiger partial charge in [0.1, 0.15) is 0 Å². The number of carboxylic acid groups (broad SMARTS) is 1. The normalized spacial score (nSPS) is 11.9. The van der Waals surface area contributed by atoms with Gasteiger partial charge in [-0.15, -0.1) is 0 Å². The summed E-state index contributed by atoms with van der Waals surface area (Å²) < 4.78 is 0. The molecule has 0 aliphatic carbocycles. The molecule has 0 saturated carbocycles. The van der Waals surface area contributed by atoms with Crippen molar-refractivity contribution in [1.29, 1.82) is 0 Å². The Bertz CT molecular complexity index is 488. The Morgan fingerprint density at radius 3 is 2.70 bits per heavy atom. The summed E-state index contributed by atoms with van der Waals surface area (Å²) in [5.41, 5.74) is 1.63. The van der Waals surface area contributed by atoms with Gasteiger partial charge in [0.25, 0.3) is 5.69 Å². The number of nitrogens with one attached hydrogen (secondary N) is 1. The average molecular weight is 280 g/mol. The number of carboxylic acids is 1. The first-order chi connectivity index (χ1) is 9.38. The molecular weight excluding hydrogens is 260 g/mol. The maximum absolute atomic E-state index is 10.8. The number of aryl methyl sites for hydroxylation is 1. The monoisotopic (exact) mass is 280 g/mol. The second kappa shape index (κ2) is 7.47. The fourth-order valence-corrected chi connectivity index (χ4v) is 1.95. The van der Waals surface area contributed by atoms with Crippen molar-refractivity contribution < 1.29 is 14.8 Å². The van der Waals surface area contributed by atoms with Crippen molar-refractivity contribution in [2.75, 3.05) is 11.9 Å². The fourth-order valence-electron chi connectivity index (χ4n) is 1.95. The van der Waals surface area contributed by atoms with Crippen LogP contribution in [0.15, 0.2) is 18.2 Å². The van der Waals surface area contributed by atoms with Gasteiger partial charge in [0.15, 0.2) is 0 Å². The van der Waals surface area contributed by atoms with E-state index in [2.05, 4.69) is 5.32 Å². The van der Waals surface area contributed by atoms with Crippen LogP contribution >= 0.6 is 0 Å². The number of benzene rings is 1. The maximum Gasteiger partial charge on any atom is 0.303 e. The van der Waals surface area contributed by atoms with Crippen molar-refractivity contribution in [3.05, 3.63) is 33.9 Å². The van der Waals surface area contributed by atoms with E-state index in [0.29, 0.717) is 18.9 Å². The molecular formula is C14H20N2O4. The molecule has 2 N–H and O–H groups in total. The first-order valence-electron chi connectivity index (χ1n) is 6.60. The molecule has 0 spiro atoms. The first kappa shape index (κ1) is 15.9. The topological polar surface area (TPSA) is 92.5 Å². The first-order valence-corrected chi connectivity index (χ1v) is 6.60. The molecule has 1 rings (SSSR count). The predicted octanol–water partition coefficient (Wildman–Crippen LogP) is 3.21. The summed E-state index contributed by atoms with van der Waals surface area (Å²) in [6.07, 6.45) is 1.65. The molecule has 0 radical (unpaired) electrons. The second-order valence-electron chi connectivity index (χ2n) is 5.07. The summed E-state index contributed by atoms with van der Waals surface area (Å²) >= 11 is 0. The van der Waals surface area contributed by atoms with E-state index in [9.17, 15) is 14.9 Å². The lowest BCUT2D eigenvalue weighted by Gasteiger charge is -2.12. The van der Waals surface area contributed by atoms with Crippen LogP contribution in [-0.2, 0) is 4.79 Å². The van der Waals surface area contributed by atoms with E-state index in [1.54, 1.807) is 0 Å². The molecule has 1 aromatic carbocycles. The molecule has 0 aliphatic rings. The van der Waals surface area contributed by atoms with E-state index in [1.165, 1.54) is 12.1 Å². The number of nitrogens with zero attached hydrogens (tertiary/aromatic N) is 1. The Balaban J connectivity index is 2.45. The average Bonchev–Trinajstić information content (AvgIpc) is 2.35. The number of hydrogen-bond donors (Lipinski definition) is 2. The van der Waals surface area contributed by atoms with Gasteiger partial charge in [-0.1, -0.05) is 6.92 Å². The van der Waals surface area contributed by atoms with Crippen LogP contribution in [0.25, 0.3) is 0 Å². The van der Waals surface area contributed by atoms with Crippen LogP contribution < -0.4 is 5.32 Å². The van der Waals surface area contributed by atoms with Crippen LogP contribution in [0.2, 0.25) is 0 Å². The summed E-state index contributed by atoms with van der Waals surface area (Å²) in [5.74, 6) is -0.475. The van der Waals surface area contributed by atoms with Crippen molar-refractivity contribution in [1.82, 2.24) is 0 Å². The van der Waals surface area contributed by atoms with Crippen LogP contribution in [0.4, 0.5) is 11.4 Å². The van der Waals surface area contributed by atoms with E-state index in [1.807, 2.05) is 19.9 Å². The van der Waals surface area contributed by atoms with Crippen LogP contribution in [0.5, 0.6) is 0 Å². The third-order valence-corrected chi connectivity index (χ3v) is 3.09. The van der Waals surface area contributed by atoms with Crippen LogP contribution in [-0.4, -0.2) is 22.5 Å². The number of rotatable bonds is 8. The Labute approximate surface area is 118 Å². The molecule has 110 valence electrons. The number of nitro benzene ring substituents is 1. The third kappa shape index (κ3) is 5.69. The minimum atomic E-state index is -0.779. The minimum Gasteiger partial charge on any atom is -0.481 e. The van der Waals surface area contributed by atoms with Gasteiger partial charge in [-0.2, -0.15) is 0 Å². The number of anilines is 1. The molecule has 0 heterocycles. The van der Waals surface area contributed by atoms with E-state index < -0.39 is 10.9 Å². The summed E-state index contributed by atoms with van der Waals surface area (Å²) in [5, 5.41) is 22.5. The Morgan fingerprint density at radius 2 is 2.10 bits per heavy atom. The zero-order chi connectivity index (χ0) is 15.1. The van der Waals surface area contributed by atoms with Gasteiger partial charge < -0.3 is 10.4 Å². The third-order valence-electron chi connectivity index (χ3n) is 3.09. The standard InChI is InChI=1S/C14H20N2O4/c1-10(3-4-14(17)18)5-6-15-12-7-11(2)8-13(9-12)16(19)20/h7-10,15H,3-6H2,1-2H3,(H,17,18). The quantitative estimate of drug-likeness (QED) is 0.563. The molecule has 0 fully saturated rings. The molecule has 0 bridgehead atoms. The van der Waals surface area contributed by atoms with Gasteiger partial charge in [0.2, 0.25) is 0 Å². The van der Waals surface area contributed by atoms with Gasteiger partial charge in [-0.25, -0.2) is 0 Å². The molecule has 0 aromatic heterocycles. The van der Waals surface area contributed by atoms with E-state index in [0.717, 1.165) is 17.7 Å². The van der Waals surface area contributed by atoms with Gasteiger partial charge in [-0.3, -0.25) is 14.9 Å². The van der Waals surface area contributed by atoms with Crippen LogP contribution in [0, 0.1) is 23.0 Å². The van der Waals surface area contributed by atoms with E-state index >= 15 is 0 Å². The summed E-state index contributed by atoms with van der Waals surface area (Å²) in [7, 11) is 0. The lowest BCUT2D eigenvalue weighted by atomic mass is 10.0. The summed E-state index contributed by atoms with van der Waals surface area (Å²) in [6, 6.07) is 4.89. The fraction of sp³-hybridized carbons (Fsp3) is 0.500. The summed E-state index contributed by atoms with van der Waals surface area (Å²) in [6.45, 7) is 4.48. The number of nitro groups is 1. The molecule has 1 aromatic rings. The molecule has 0 aliphatic heterocycles. The van der Waals surface area contributed by atoms with Crippen LogP contribution in [0.1, 0.15) is 31.7 Å². The minimum absolute atomic E-state index is 0.0754. The molecule has 1 unspecified atom stereocenters. The number of hydrogen-bond acceptors (Lipinski definition) is 4. The van der Waals surface area contributed by atoms with Crippen LogP contribution in [0.3, 0.4) is 0 Å². The SMILES string of the molecule is Cc1cc(NCCC(C)CCC(=O)O)cc([N+](=O)[O-])c1. The lowest BCUT2D eigenvalue weighted by molar-refractivity contribution is -0.384. The highest BCUT2D eigenvalue weighted by molar-refractivity contribution is 5.66. The molecule has 1 atom stereocenters. The summed E-state index contributed by atoms with van der Waals surface area (Å²) in [4.78, 5) is 20.8. The van der Waals surface area contributed by atoms with Gasteiger partial charge in [0.05, 0.1) is 4.92 Å². The van der Waals surface area contributed by atoms with Crippen molar-refractivity contribution in [3.63, 3.8) is 0 Å². The van der Waals surface area contributed by atoms with E-state index in [-0.39, 0.29) is 12.1 Å². The largest absolute Gasteiger partial charge is 0.481 e. The number of non-ortho nitro benzene ring substituents is 1. The molecule has 20 heavy (non-hydrogen) atoms. The van der Waals surface area contributed by atoms with Crippen molar-refractivity contribution >= 4 is 17.3 Å². The molecule has 0 amide bonds. The molecule has 0 saturated heterocycles. The highest BCUT2D eigenvalue weighted by atomic mass is 16.6. The Hall–Kier alpha value is -2.11. The van der Waals surface area contributed by atoms with Crippen molar-refractivity contribution in [2.24, 2.45) is 5.92 Å². The smallest absolute Gasteiger partial charge is 0.303 e. The van der Waals surface area contributed by atoms with Gasteiger partial charge >= 0.3 is 5.97 Å². The Morgan fingerprint density at radius 1 is 1.40 bits per heavy atom. The van der Waals surface area contributed by atoms with E-state index in [4.69, 9.17) is 5.11 Å². The molecule has 6 heteroatoms. The predicted molar refractivity (Wildman–Crippen MR) is 77.0 cm³/mol. The zero-order valence-electron chi connectivity index (χ0n) is 11.8. The Kier molecular flexibility index (Phi) is 5.96.